The zero-order chi connectivity index (χ0) is 19.7. The normalized spacial score (nSPS) is 11.5. The molecular weight excluding hydrogens is 320 g/mol. The predicted octanol–water partition coefficient (Wildman–Crippen LogP) is 8.00. The van der Waals surface area contributed by atoms with Crippen molar-refractivity contribution in [2.75, 3.05) is 6.61 Å². The Bertz CT molecular complexity index is 352. The van der Waals surface area contributed by atoms with Crippen LogP contribution >= 0.6 is 0 Å². The molecule has 0 aliphatic rings. The van der Waals surface area contributed by atoms with Crippen LogP contribution in [0.5, 0.6) is 0 Å². The molecule has 0 fully saturated rings. The number of hydrogen-bond acceptors (Lipinski definition) is 2. The van der Waals surface area contributed by atoms with E-state index in [0.29, 0.717) is 17.6 Å². The Morgan fingerprint density at radius 1 is 0.692 bits per heavy atom. The maximum atomic E-state index is 11.2. The van der Waals surface area contributed by atoms with Crippen LogP contribution in [0.3, 0.4) is 0 Å². The average molecular weight is 367 g/mol. The summed E-state index contributed by atoms with van der Waals surface area (Å²) in [5.41, 5.74) is 1.00. The summed E-state index contributed by atoms with van der Waals surface area (Å²) in [6.07, 6.45) is 20.2. The molecule has 0 N–H and O–H groups in total. The van der Waals surface area contributed by atoms with Gasteiger partial charge in [-0.2, -0.15) is 0 Å². The number of unbranched alkanes of at least 4 members (excludes halogenated alkanes) is 13. The van der Waals surface area contributed by atoms with Gasteiger partial charge in [-0.05, 0) is 25.2 Å². The number of hydrogen-bond donors (Lipinski definition) is 0. The van der Waals surface area contributed by atoms with E-state index in [9.17, 15) is 4.79 Å². The smallest absolute Gasteiger partial charge is 0.333 e. The fourth-order valence-corrected chi connectivity index (χ4v) is 3.17. The quantitative estimate of drug-likeness (QED) is 0.148. The third kappa shape index (κ3) is 19.5. The minimum Gasteiger partial charge on any atom is -0.462 e. The number of esters is 1. The molecule has 0 aromatic heterocycles. The topological polar surface area (TPSA) is 26.3 Å². The monoisotopic (exact) mass is 366 g/mol. The van der Waals surface area contributed by atoms with Gasteiger partial charge in [0.25, 0.3) is 0 Å². The molecular formula is C24H46O2. The molecule has 26 heavy (non-hydrogen) atoms. The van der Waals surface area contributed by atoms with Crippen molar-refractivity contribution in [1.82, 2.24) is 0 Å². The highest BCUT2D eigenvalue weighted by Gasteiger charge is 2.08. The minimum atomic E-state index is -0.255. The van der Waals surface area contributed by atoms with Gasteiger partial charge < -0.3 is 4.74 Å². The molecule has 0 aromatic rings. The summed E-state index contributed by atoms with van der Waals surface area (Å²) in [6, 6.07) is 0. The van der Waals surface area contributed by atoms with Gasteiger partial charge in [0.15, 0.2) is 0 Å². The first-order chi connectivity index (χ1) is 12.3. The fraction of sp³-hybridized carbons (Fsp3) is 0.875. The van der Waals surface area contributed by atoms with Crippen LogP contribution in [0.1, 0.15) is 124 Å². The molecule has 0 atom stereocenters. The zero-order valence-electron chi connectivity index (χ0n) is 18.3. The van der Waals surface area contributed by atoms with Crippen molar-refractivity contribution in [3.63, 3.8) is 0 Å². The molecule has 0 heterocycles. The number of carbonyl (C=O) groups is 1. The van der Waals surface area contributed by atoms with Crippen LogP contribution < -0.4 is 0 Å². The number of ether oxygens (including phenoxy) is 1. The lowest BCUT2D eigenvalue weighted by atomic mass is 9.89. The summed E-state index contributed by atoms with van der Waals surface area (Å²) in [5.74, 6) is -0.255. The molecule has 2 heteroatoms. The first-order valence-corrected chi connectivity index (χ1v) is 11.2. The molecule has 0 spiro atoms. The summed E-state index contributed by atoms with van der Waals surface area (Å²) in [4.78, 5) is 11.2. The highest BCUT2D eigenvalue weighted by molar-refractivity contribution is 5.86. The van der Waals surface area contributed by atoms with Crippen LogP contribution in [-0.4, -0.2) is 12.6 Å². The van der Waals surface area contributed by atoms with Gasteiger partial charge >= 0.3 is 5.97 Å². The van der Waals surface area contributed by atoms with Crippen molar-refractivity contribution in [2.45, 2.75) is 124 Å². The Kier molecular flexibility index (Phi) is 15.9. The van der Waals surface area contributed by atoms with Crippen molar-refractivity contribution in [1.29, 1.82) is 0 Å². The largest absolute Gasteiger partial charge is 0.462 e. The van der Waals surface area contributed by atoms with Gasteiger partial charge in [0.1, 0.15) is 0 Å². The minimum absolute atomic E-state index is 0.255. The summed E-state index contributed by atoms with van der Waals surface area (Å²) in [6.45, 7) is 12.8. The third-order valence-corrected chi connectivity index (χ3v) is 4.90. The van der Waals surface area contributed by atoms with Gasteiger partial charge in [-0.15, -0.1) is 0 Å². The first-order valence-electron chi connectivity index (χ1n) is 11.2. The van der Waals surface area contributed by atoms with Gasteiger partial charge in [0, 0.05) is 5.57 Å². The van der Waals surface area contributed by atoms with Crippen molar-refractivity contribution in [3.05, 3.63) is 12.2 Å². The lowest BCUT2D eigenvalue weighted by molar-refractivity contribution is -0.139. The van der Waals surface area contributed by atoms with E-state index in [1.54, 1.807) is 6.92 Å². The van der Waals surface area contributed by atoms with Gasteiger partial charge in [-0.3, -0.25) is 0 Å². The molecule has 0 rings (SSSR count). The Hall–Kier alpha value is -0.790. The molecule has 0 saturated heterocycles. The highest BCUT2D eigenvalue weighted by atomic mass is 16.5. The van der Waals surface area contributed by atoms with Crippen molar-refractivity contribution < 1.29 is 9.53 Å². The molecule has 2 nitrogen and oxygen atoms in total. The maximum absolute atomic E-state index is 11.2. The van der Waals surface area contributed by atoms with Gasteiger partial charge in [-0.25, -0.2) is 4.79 Å². The van der Waals surface area contributed by atoms with Crippen LogP contribution in [0.15, 0.2) is 12.2 Å². The van der Waals surface area contributed by atoms with Gasteiger partial charge in [-0.1, -0.05) is 111 Å². The Morgan fingerprint density at radius 2 is 1.04 bits per heavy atom. The molecule has 0 unspecified atom stereocenters. The van der Waals surface area contributed by atoms with Crippen molar-refractivity contribution in [3.8, 4) is 0 Å². The maximum Gasteiger partial charge on any atom is 0.333 e. The second-order valence-corrected chi connectivity index (χ2v) is 9.18. The Morgan fingerprint density at radius 3 is 1.38 bits per heavy atom. The number of rotatable bonds is 17. The van der Waals surface area contributed by atoms with Crippen LogP contribution in [0, 0.1) is 5.41 Å². The van der Waals surface area contributed by atoms with E-state index < -0.39 is 0 Å². The van der Waals surface area contributed by atoms with Crippen molar-refractivity contribution in [2.24, 2.45) is 5.41 Å². The number of carbonyl (C=O) groups excluding carboxylic acids is 1. The van der Waals surface area contributed by atoms with Crippen LogP contribution in [0.4, 0.5) is 0 Å². The fourth-order valence-electron chi connectivity index (χ4n) is 3.17. The van der Waals surface area contributed by atoms with E-state index in [1.165, 1.54) is 89.9 Å². The van der Waals surface area contributed by atoms with Crippen LogP contribution in [0.2, 0.25) is 0 Å². The second-order valence-electron chi connectivity index (χ2n) is 9.18. The molecule has 154 valence electrons. The molecule has 0 aromatic carbocycles. The standard InChI is InChI=1S/C24H46O2/c1-22(2)23(25)26-21-19-17-15-13-11-9-7-6-8-10-12-14-16-18-20-24(3,4)5/h1,6-21H2,2-5H3. The predicted molar refractivity (Wildman–Crippen MR) is 114 cm³/mol. The van der Waals surface area contributed by atoms with Gasteiger partial charge in [0.2, 0.25) is 0 Å². The molecule has 0 radical (unpaired) electrons. The van der Waals surface area contributed by atoms with E-state index in [1.807, 2.05) is 0 Å². The summed E-state index contributed by atoms with van der Waals surface area (Å²) in [5, 5.41) is 0. The molecule has 0 bridgehead atoms. The van der Waals surface area contributed by atoms with Crippen molar-refractivity contribution >= 4 is 5.97 Å². The molecule has 0 aliphatic heterocycles. The lowest BCUT2D eigenvalue weighted by Gasteiger charge is -2.17. The Balaban J connectivity index is 3.11. The van der Waals surface area contributed by atoms with E-state index in [2.05, 4.69) is 27.4 Å². The van der Waals surface area contributed by atoms with E-state index in [-0.39, 0.29) is 5.97 Å². The van der Waals surface area contributed by atoms with Crippen LogP contribution in [0.25, 0.3) is 0 Å². The SMILES string of the molecule is C=C(C)C(=O)OCCCCCCCCCCCCCCCCC(C)(C)C. The van der Waals surface area contributed by atoms with E-state index in [4.69, 9.17) is 4.74 Å². The Labute approximate surface area is 164 Å². The summed E-state index contributed by atoms with van der Waals surface area (Å²) < 4.78 is 5.09. The molecule has 0 saturated carbocycles. The third-order valence-electron chi connectivity index (χ3n) is 4.90. The molecule has 0 amide bonds. The zero-order valence-corrected chi connectivity index (χ0v) is 18.3. The highest BCUT2D eigenvalue weighted by Crippen LogP contribution is 2.22. The van der Waals surface area contributed by atoms with Crippen LogP contribution in [-0.2, 0) is 9.53 Å². The lowest BCUT2D eigenvalue weighted by Crippen LogP contribution is -2.05. The second kappa shape index (κ2) is 16.4. The summed E-state index contributed by atoms with van der Waals surface area (Å²) in [7, 11) is 0. The average Bonchev–Trinajstić information content (AvgIpc) is 2.56. The molecule has 0 aliphatic carbocycles. The van der Waals surface area contributed by atoms with Gasteiger partial charge in [0.05, 0.1) is 6.61 Å². The van der Waals surface area contributed by atoms with E-state index in [0.717, 1.165) is 6.42 Å². The van der Waals surface area contributed by atoms with E-state index >= 15 is 0 Å². The summed E-state index contributed by atoms with van der Waals surface area (Å²) >= 11 is 0. The first kappa shape index (κ1) is 25.2.